The second-order valence-electron chi connectivity index (χ2n) is 6.35. The van der Waals surface area contributed by atoms with Crippen molar-refractivity contribution in [3.63, 3.8) is 0 Å². The summed E-state index contributed by atoms with van der Waals surface area (Å²) < 4.78 is 0. The number of aromatic nitrogens is 4. The Kier molecular flexibility index (Phi) is 2.58. The third-order valence-corrected chi connectivity index (χ3v) is 5.03. The van der Waals surface area contributed by atoms with Gasteiger partial charge >= 0.3 is 0 Å². The van der Waals surface area contributed by atoms with E-state index in [0.717, 1.165) is 32.8 Å². The molecule has 0 unspecified atom stereocenters. The summed E-state index contributed by atoms with van der Waals surface area (Å²) in [6.07, 6.45) is 6.92. The first kappa shape index (κ1) is 13.6. The summed E-state index contributed by atoms with van der Waals surface area (Å²) >= 11 is 0. The largest absolute Gasteiger partial charge is 0.252 e. The zero-order chi connectivity index (χ0) is 17.1. The fourth-order valence-electron chi connectivity index (χ4n) is 4.02. The molecule has 0 radical (unpaired) electrons. The van der Waals surface area contributed by atoms with Crippen molar-refractivity contribution in [3.8, 4) is 0 Å². The van der Waals surface area contributed by atoms with Crippen molar-refractivity contribution < 1.29 is 0 Å². The van der Waals surface area contributed by atoms with E-state index in [-0.39, 0.29) is 0 Å². The van der Waals surface area contributed by atoms with Crippen LogP contribution in [0, 0.1) is 0 Å². The van der Waals surface area contributed by atoms with Crippen molar-refractivity contribution in [2.24, 2.45) is 0 Å². The molecule has 0 N–H and O–H groups in total. The third kappa shape index (κ3) is 1.63. The van der Waals surface area contributed by atoms with E-state index in [1.807, 2.05) is 0 Å². The number of hydrogen-bond donors (Lipinski definition) is 0. The first-order valence-corrected chi connectivity index (χ1v) is 8.50. The maximum atomic E-state index is 4.69. The van der Waals surface area contributed by atoms with Crippen LogP contribution in [0.4, 0.5) is 0 Å². The molecule has 2 aromatic heterocycles. The molecule has 4 aromatic carbocycles. The lowest BCUT2D eigenvalue weighted by Gasteiger charge is -2.13. The van der Waals surface area contributed by atoms with E-state index in [0.29, 0.717) is 0 Å². The Hall–Kier alpha value is -3.66. The SMILES string of the molecule is c1ccc2c(c1)c1ccccc1c1c3nccnc3c3nccnc3c21. The molecule has 0 saturated carbocycles. The predicted octanol–water partition coefficient (Wildman–Crippen LogP) is 5.03. The first-order chi connectivity index (χ1) is 12.9. The lowest BCUT2D eigenvalue weighted by Crippen LogP contribution is -1.94. The van der Waals surface area contributed by atoms with Crippen LogP contribution in [0.1, 0.15) is 0 Å². The number of rotatable bonds is 0. The Morgan fingerprint density at radius 3 is 1.15 bits per heavy atom. The van der Waals surface area contributed by atoms with E-state index >= 15 is 0 Å². The van der Waals surface area contributed by atoms with E-state index in [4.69, 9.17) is 0 Å². The molecule has 0 amide bonds. The fraction of sp³-hybridized carbons (Fsp3) is 0. The number of nitrogens with zero attached hydrogens (tertiary/aromatic N) is 4. The molecule has 0 atom stereocenters. The van der Waals surface area contributed by atoms with Gasteiger partial charge in [-0.2, -0.15) is 0 Å². The highest BCUT2D eigenvalue weighted by molar-refractivity contribution is 6.37. The molecular weight excluding hydrogens is 320 g/mol. The van der Waals surface area contributed by atoms with Crippen LogP contribution in [0.25, 0.3) is 54.4 Å². The third-order valence-electron chi connectivity index (χ3n) is 5.03. The highest BCUT2D eigenvalue weighted by atomic mass is 14.8. The van der Waals surface area contributed by atoms with Crippen molar-refractivity contribution in [1.29, 1.82) is 0 Å². The summed E-state index contributed by atoms with van der Waals surface area (Å²) in [4.78, 5) is 18.5. The lowest BCUT2D eigenvalue weighted by molar-refractivity contribution is 1.27. The molecule has 4 nitrogen and oxygen atoms in total. The van der Waals surface area contributed by atoms with E-state index < -0.39 is 0 Å². The van der Waals surface area contributed by atoms with Crippen molar-refractivity contribution >= 4 is 54.4 Å². The Morgan fingerprint density at radius 2 is 0.731 bits per heavy atom. The van der Waals surface area contributed by atoms with Gasteiger partial charge in [0, 0.05) is 35.6 Å². The fourth-order valence-corrected chi connectivity index (χ4v) is 4.02. The van der Waals surface area contributed by atoms with Crippen LogP contribution in [-0.2, 0) is 0 Å². The monoisotopic (exact) mass is 332 g/mol. The average molecular weight is 332 g/mol. The van der Waals surface area contributed by atoms with Gasteiger partial charge in [0.1, 0.15) is 11.0 Å². The Balaban J connectivity index is 2.14. The van der Waals surface area contributed by atoms with Gasteiger partial charge in [-0.05, 0) is 21.5 Å². The van der Waals surface area contributed by atoms with Gasteiger partial charge in [-0.25, -0.2) is 0 Å². The highest BCUT2D eigenvalue weighted by Crippen LogP contribution is 2.41. The molecule has 0 fully saturated rings. The topological polar surface area (TPSA) is 51.6 Å². The van der Waals surface area contributed by atoms with Gasteiger partial charge in [0.15, 0.2) is 0 Å². The van der Waals surface area contributed by atoms with E-state index in [1.165, 1.54) is 21.5 Å². The van der Waals surface area contributed by atoms with E-state index in [1.54, 1.807) is 24.8 Å². The minimum atomic E-state index is 0.795. The number of benzene rings is 4. The minimum Gasteiger partial charge on any atom is -0.252 e. The summed E-state index contributed by atoms with van der Waals surface area (Å²) in [5.41, 5.74) is 3.34. The summed E-state index contributed by atoms with van der Waals surface area (Å²) in [6, 6.07) is 16.9. The van der Waals surface area contributed by atoms with Gasteiger partial charge in [-0.1, -0.05) is 48.5 Å². The summed E-state index contributed by atoms with van der Waals surface area (Å²) in [7, 11) is 0. The van der Waals surface area contributed by atoms with Crippen LogP contribution in [0.2, 0.25) is 0 Å². The van der Waals surface area contributed by atoms with Crippen LogP contribution in [-0.4, -0.2) is 19.9 Å². The normalized spacial score (nSPS) is 11.8. The number of hydrogen-bond acceptors (Lipinski definition) is 4. The van der Waals surface area contributed by atoms with Gasteiger partial charge < -0.3 is 0 Å². The number of fused-ring (bicyclic) bond motifs is 11. The Morgan fingerprint density at radius 1 is 0.385 bits per heavy atom. The van der Waals surface area contributed by atoms with E-state index in [2.05, 4.69) is 68.5 Å². The van der Waals surface area contributed by atoms with Crippen molar-refractivity contribution in [2.75, 3.05) is 0 Å². The first-order valence-electron chi connectivity index (χ1n) is 8.50. The van der Waals surface area contributed by atoms with Gasteiger partial charge in [-0.3, -0.25) is 19.9 Å². The lowest BCUT2D eigenvalue weighted by atomic mass is 9.92. The van der Waals surface area contributed by atoms with Crippen LogP contribution in [0.15, 0.2) is 73.3 Å². The zero-order valence-electron chi connectivity index (χ0n) is 13.7. The molecule has 26 heavy (non-hydrogen) atoms. The second-order valence-corrected chi connectivity index (χ2v) is 6.35. The molecule has 4 heteroatoms. The Bertz CT molecular complexity index is 1260. The molecule has 0 saturated heterocycles. The van der Waals surface area contributed by atoms with Gasteiger partial charge in [0.05, 0.1) is 11.0 Å². The maximum Gasteiger partial charge on any atom is 0.117 e. The van der Waals surface area contributed by atoms with E-state index in [9.17, 15) is 0 Å². The standard InChI is InChI=1S/C22H12N4/c1-3-7-15-13(5-1)14-6-2-4-8-16(14)18-17(15)19-21(25-11-9-23-19)22-20(18)24-10-12-26-22/h1-12H. The summed E-state index contributed by atoms with van der Waals surface area (Å²) in [5, 5.41) is 6.95. The van der Waals surface area contributed by atoms with Gasteiger partial charge in [-0.15, -0.1) is 0 Å². The molecule has 0 aliphatic carbocycles. The quantitative estimate of drug-likeness (QED) is 0.366. The predicted molar refractivity (Wildman–Crippen MR) is 105 cm³/mol. The Labute approximate surface area is 148 Å². The zero-order valence-corrected chi connectivity index (χ0v) is 13.7. The molecule has 0 aliphatic rings. The molecular formula is C22H12N4. The van der Waals surface area contributed by atoms with Crippen LogP contribution in [0.5, 0.6) is 0 Å². The average Bonchev–Trinajstić information content (AvgIpc) is 2.73. The molecule has 0 bridgehead atoms. The molecule has 6 aromatic rings. The van der Waals surface area contributed by atoms with Crippen molar-refractivity contribution in [3.05, 3.63) is 73.3 Å². The van der Waals surface area contributed by atoms with Crippen LogP contribution < -0.4 is 0 Å². The molecule has 120 valence electrons. The summed E-state index contributed by atoms with van der Waals surface area (Å²) in [6.45, 7) is 0. The molecule has 2 heterocycles. The molecule has 6 rings (SSSR count). The smallest absolute Gasteiger partial charge is 0.117 e. The molecule has 0 aliphatic heterocycles. The molecule has 0 spiro atoms. The van der Waals surface area contributed by atoms with Crippen molar-refractivity contribution in [1.82, 2.24) is 19.9 Å². The van der Waals surface area contributed by atoms with Gasteiger partial charge in [0.2, 0.25) is 0 Å². The maximum absolute atomic E-state index is 4.69. The van der Waals surface area contributed by atoms with Crippen LogP contribution in [0.3, 0.4) is 0 Å². The highest BCUT2D eigenvalue weighted by Gasteiger charge is 2.17. The van der Waals surface area contributed by atoms with Crippen LogP contribution >= 0.6 is 0 Å². The second kappa shape index (κ2) is 4.92. The summed E-state index contributed by atoms with van der Waals surface area (Å²) in [5.74, 6) is 0. The minimum absolute atomic E-state index is 0.795. The van der Waals surface area contributed by atoms with Gasteiger partial charge in [0.25, 0.3) is 0 Å². The van der Waals surface area contributed by atoms with Crippen molar-refractivity contribution in [2.45, 2.75) is 0 Å².